The predicted molar refractivity (Wildman–Crippen MR) is 35.7 cm³/mol. The van der Waals surface area contributed by atoms with Crippen molar-refractivity contribution < 1.29 is 4.79 Å². The third-order valence-corrected chi connectivity index (χ3v) is 0.884. The Morgan fingerprint density at radius 3 is 1.88 bits per heavy atom. The van der Waals surface area contributed by atoms with E-state index < -0.39 is 0 Å². The lowest BCUT2D eigenvalue weighted by Crippen LogP contribution is -2.10. The van der Waals surface area contributed by atoms with Gasteiger partial charge >= 0.3 is 0 Å². The summed E-state index contributed by atoms with van der Waals surface area (Å²) in [6.45, 7) is 0. The summed E-state index contributed by atoms with van der Waals surface area (Å²) >= 11 is 1.90. The number of primary amides is 1. The van der Waals surface area contributed by atoms with Crippen molar-refractivity contribution in [3.05, 3.63) is 0 Å². The third-order valence-electron chi connectivity index (χ3n) is 0.132. The maximum atomic E-state index is 9.58. The summed E-state index contributed by atoms with van der Waals surface area (Å²) in [6.07, 6.45) is 0. The van der Waals surface area contributed by atoms with E-state index in [9.17, 15) is 4.79 Å². The van der Waals surface area contributed by atoms with Crippen LogP contribution in [0.5, 0.6) is 0 Å². The van der Waals surface area contributed by atoms with E-state index in [-0.39, 0.29) is 5.91 Å². The lowest BCUT2D eigenvalue weighted by Gasteiger charge is -1.71. The number of hydrogen-bond donors (Lipinski definition) is 3. The topological polar surface area (TPSA) is 105 Å². The van der Waals surface area contributed by atoms with Gasteiger partial charge in [-0.3, -0.25) is 4.79 Å². The number of nitrogens with zero attached hydrogens (tertiary/aromatic N) is 1. The molecular weight excluding hydrogens is 223 g/mol. The first-order valence-corrected chi connectivity index (χ1v) is 3.09. The minimum Gasteiger partial charge on any atom is -0.369 e. The maximum absolute atomic E-state index is 9.58. The van der Waals surface area contributed by atoms with Gasteiger partial charge in [-0.2, -0.15) is 0 Å². The summed E-state index contributed by atoms with van der Waals surface area (Å²) < 4.78 is 0.414. The van der Waals surface area contributed by atoms with Crippen molar-refractivity contribution in [3.8, 4) is 0 Å². The number of rotatable bonds is 1. The summed E-state index contributed by atoms with van der Waals surface area (Å²) in [5.41, 5.74) is 15.6. The van der Waals surface area contributed by atoms with Crippen LogP contribution >= 0.6 is 22.6 Å². The first-order chi connectivity index (χ1) is 3.68. The average Bonchev–Trinajstić information content (AvgIpc) is 1.69. The van der Waals surface area contributed by atoms with E-state index in [0.717, 1.165) is 0 Å². The van der Waals surface area contributed by atoms with Crippen molar-refractivity contribution in [3.63, 3.8) is 0 Å². The lowest BCUT2D eigenvalue weighted by atomic mass is 10.8. The molecule has 0 rings (SSSR count). The number of carbonyl (C=O) groups is 1. The number of carbonyl (C=O) groups excluding carboxylic acids is 1. The van der Waals surface area contributed by atoms with Gasteiger partial charge in [0.2, 0.25) is 10.8 Å². The Bertz CT molecular complexity index is 96.2. The van der Waals surface area contributed by atoms with Crippen LogP contribution in [-0.2, 0) is 4.79 Å². The molecule has 46 valence electrons. The highest BCUT2D eigenvalue weighted by Gasteiger charge is 1.79. The largest absolute Gasteiger partial charge is 0.369 e. The summed E-state index contributed by atoms with van der Waals surface area (Å²) in [7, 11) is 0. The molecule has 0 bridgehead atoms. The summed E-state index contributed by atoms with van der Waals surface area (Å²) in [5.74, 6) is -0.259. The smallest absolute Gasteiger partial charge is 0.227 e. The van der Waals surface area contributed by atoms with Gasteiger partial charge in [0.05, 0.1) is 4.43 Å². The lowest BCUT2D eigenvalue weighted by molar-refractivity contribution is -0.115. The monoisotopic (exact) mass is 229 g/mol. The molecule has 4 N–H and O–H groups in total. The molecule has 6 heteroatoms. The summed E-state index contributed by atoms with van der Waals surface area (Å²) in [5, 5.41) is 0. The minimum absolute atomic E-state index is 0.259. The molecule has 0 aliphatic heterocycles. The fourth-order valence-electron chi connectivity index (χ4n) is 0. The van der Waals surface area contributed by atoms with Crippen molar-refractivity contribution in [1.29, 1.82) is 11.1 Å². The van der Waals surface area contributed by atoms with Crippen molar-refractivity contribution in [2.24, 2.45) is 5.73 Å². The highest BCUT2D eigenvalue weighted by Crippen LogP contribution is 1.72. The van der Waals surface area contributed by atoms with Gasteiger partial charge in [-0.05, 0) is 0 Å². The maximum Gasteiger partial charge on any atom is 0.227 e. The standard InChI is InChI=1S/C2H4INO.H2N3/c3-1-2(4)5;1-3-2/h1H2,(H2,4,5);1-2H/q;+1. The molecule has 0 aromatic carbocycles. The molecule has 0 fully saturated rings. The Labute approximate surface area is 59.8 Å². The van der Waals surface area contributed by atoms with Gasteiger partial charge in [-0.15, -0.1) is 0 Å². The second-order valence-electron chi connectivity index (χ2n) is 0.712. The van der Waals surface area contributed by atoms with Crippen LogP contribution in [0.1, 0.15) is 0 Å². The number of hydrogen-bond acceptors (Lipinski definition) is 3. The molecule has 5 nitrogen and oxygen atoms in total. The van der Waals surface area contributed by atoms with E-state index in [1.807, 2.05) is 27.5 Å². The van der Waals surface area contributed by atoms with Crippen LogP contribution in [0.25, 0.3) is 0 Å². The molecule has 0 aliphatic rings. The van der Waals surface area contributed by atoms with Gasteiger partial charge in [0.1, 0.15) is 11.1 Å². The first-order valence-electron chi connectivity index (χ1n) is 1.56. The second-order valence-corrected chi connectivity index (χ2v) is 1.47. The normalized spacial score (nSPS) is 5.62. The van der Waals surface area contributed by atoms with E-state index in [2.05, 4.69) is 5.73 Å². The highest BCUT2D eigenvalue weighted by molar-refractivity contribution is 14.1. The number of nitrogens with two attached hydrogens (primary N) is 1. The predicted octanol–water partition coefficient (Wildman–Crippen LogP) is 0.0222. The Balaban J connectivity index is 0. The van der Waals surface area contributed by atoms with Gasteiger partial charge in [0.15, 0.2) is 0 Å². The Morgan fingerprint density at radius 2 is 1.88 bits per heavy atom. The molecule has 0 radical (unpaired) electrons. The van der Waals surface area contributed by atoms with Crippen LogP contribution in [0.4, 0.5) is 0 Å². The number of alkyl halides is 1. The van der Waals surface area contributed by atoms with E-state index in [1.54, 1.807) is 0 Å². The molecule has 0 saturated heterocycles. The van der Waals surface area contributed by atoms with Gasteiger partial charge in [0, 0.05) is 0 Å². The van der Waals surface area contributed by atoms with Crippen LogP contribution in [0.2, 0.25) is 0 Å². The Hall–Kier alpha value is -0.490. The first kappa shape index (κ1) is 10.5. The van der Waals surface area contributed by atoms with Crippen molar-refractivity contribution in [1.82, 2.24) is 4.91 Å². The molecule has 8 heavy (non-hydrogen) atoms. The van der Waals surface area contributed by atoms with Gasteiger partial charge in [0.25, 0.3) is 0 Å². The zero-order chi connectivity index (χ0) is 6.99. The highest BCUT2D eigenvalue weighted by atomic mass is 127. The summed E-state index contributed by atoms with van der Waals surface area (Å²) in [4.78, 5) is 11.6. The quantitative estimate of drug-likeness (QED) is 0.251. The number of amides is 1. The molecule has 0 atom stereocenters. The van der Waals surface area contributed by atoms with Crippen LogP contribution in [0.3, 0.4) is 0 Å². The van der Waals surface area contributed by atoms with Crippen molar-refractivity contribution in [2.45, 2.75) is 0 Å². The molecule has 0 spiro atoms. The fourth-order valence-corrected chi connectivity index (χ4v) is 0. The van der Waals surface area contributed by atoms with E-state index >= 15 is 0 Å². The zero-order valence-electron chi connectivity index (χ0n) is 4.02. The van der Waals surface area contributed by atoms with Crippen LogP contribution < -0.4 is 10.6 Å². The number of halogens is 1. The Kier molecular flexibility index (Phi) is 12.7. The second kappa shape index (κ2) is 9.72. The van der Waals surface area contributed by atoms with Gasteiger partial charge < -0.3 is 5.73 Å². The molecule has 0 saturated carbocycles. The van der Waals surface area contributed by atoms with Crippen molar-refractivity contribution >= 4 is 28.5 Å². The van der Waals surface area contributed by atoms with E-state index in [0.29, 0.717) is 4.43 Å². The Morgan fingerprint density at radius 1 is 1.75 bits per heavy atom. The molecule has 0 aliphatic carbocycles. The van der Waals surface area contributed by atoms with Gasteiger partial charge in [-0.1, -0.05) is 22.6 Å². The SMILES string of the molecule is N=[N+]=N.NC(=O)CI. The molecule has 1 amide bonds. The van der Waals surface area contributed by atoms with E-state index in [1.165, 1.54) is 0 Å². The average molecular weight is 229 g/mol. The molecule has 0 unspecified atom stereocenters. The molecule has 0 heterocycles. The van der Waals surface area contributed by atoms with Crippen LogP contribution in [0, 0.1) is 11.1 Å². The molecule has 0 aromatic heterocycles. The van der Waals surface area contributed by atoms with Gasteiger partial charge in [-0.25, -0.2) is 0 Å². The zero-order valence-corrected chi connectivity index (χ0v) is 6.18. The number of nitrogens with one attached hydrogen (secondary N) is 2. The third kappa shape index (κ3) is 49.2. The fraction of sp³-hybridized carbons (Fsp3) is 0.500. The summed E-state index contributed by atoms with van der Waals surface area (Å²) in [6, 6.07) is 0. The van der Waals surface area contributed by atoms with Crippen molar-refractivity contribution in [2.75, 3.05) is 4.43 Å². The molecule has 0 aromatic rings. The van der Waals surface area contributed by atoms with Crippen LogP contribution in [-0.4, -0.2) is 10.3 Å². The molecular formula is C2H6IN4O+. The minimum atomic E-state index is -0.259. The van der Waals surface area contributed by atoms with E-state index in [4.69, 9.17) is 11.1 Å². The van der Waals surface area contributed by atoms with Crippen LogP contribution in [0.15, 0.2) is 0 Å².